The maximum Gasteiger partial charge on any atom is 0.343 e. The predicted molar refractivity (Wildman–Crippen MR) is 162 cm³/mol. The van der Waals surface area contributed by atoms with Crippen molar-refractivity contribution in [3.63, 3.8) is 0 Å². The fourth-order valence-electron chi connectivity index (χ4n) is 4.39. The zero-order valence-corrected chi connectivity index (χ0v) is 23.7. The second-order valence-corrected chi connectivity index (χ2v) is 10.4. The van der Waals surface area contributed by atoms with Crippen LogP contribution in [-0.4, -0.2) is 19.2 Å². The van der Waals surface area contributed by atoms with Gasteiger partial charge >= 0.3 is 5.97 Å². The highest BCUT2D eigenvalue weighted by Gasteiger charge is 2.18. The number of unbranched alkanes of at least 4 members (excludes halogenated alkanes) is 1. The molecule has 0 saturated heterocycles. The summed E-state index contributed by atoms with van der Waals surface area (Å²) in [5, 5.41) is 0. The summed E-state index contributed by atoms with van der Waals surface area (Å²) in [6, 6.07) is 30.8. The molecule has 1 fully saturated rings. The van der Waals surface area contributed by atoms with E-state index in [0.29, 0.717) is 24.5 Å². The number of allylic oxidation sites excluding steroid dienone is 1. The number of ether oxygens (including phenoxy) is 4. The Morgan fingerprint density at radius 3 is 1.46 bits per heavy atom. The second-order valence-electron chi connectivity index (χ2n) is 10.4. The summed E-state index contributed by atoms with van der Waals surface area (Å²) in [4.78, 5) is 12.4. The highest BCUT2D eigenvalue weighted by atomic mass is 16.5. The normalized spacial score (nSPS) is 12.3. The van der Waals surface area contributed by atoms with Gasteiger partial charge in [-0.2, -0.15) is 0 Å². The molecule has 0 aromatic heterocycles. The molecule has 4 aromatic carbocycles. The second kappa shape index (κ2) is 13.7. The number of hydrogen-bond acceptors (Lipinski definition) is 5. The molecule has 0 N–H and O–H groups in total. The average molecular weight is 549 g/mol. The maximum absolute atomic E-state index is 12.4. The van der Waals surface area contributed by atoms with Crippen molar-refractivity contribution < 1.29 is 23.7 Å². The van der Waals surface area contributed by atoms with Gasteiger partial charge in [-0.05, 0) is 124 Å². The zero-order chi connectivity index (χ0) is 28.4. The van der Waals surface area contributed by atoms with E-state index in [1.807, 2.05) is 43.3 Å². The molecule has 0 atom stereocenters. The molecule has 0 bridgehead atoms. The first kappa shape index (κ1) is 28.0. The van der Waals surface area contributed by atoms with E-state index >= 15 is 0 Å². The lowest BCUT2D eigenvalue weighted by atomic mass is 9.89. The van der Waals surface area contributed by atoms with Gasteiger partial charge < -0.3 is 18.9 Å². The van der Waals surface area contributed by atoms with Crippen LogP contribution in [0.15, 0.2) is 103 Å². The van der Waals surface area contributed by atoms with Crippen LogP contribution < -0.4 is 18.9 Å². The Hall–Kier alpha value is -4.51. The minimum Gasteiger partial charge on any atom is -0.494 e. The summed E-state index contributed by atoms with van der Waals surface area (Å²) < 4.78 is 23.5. The molecule has 0 amide bonds. The molecule has 0 heterocycles. The molecule has 0 aliphatic heterocycles. The van der Waals surface area contributed by atoms with Crippen molar-refractivity contribution in [2.45, 2.75) is 46.0 Å². The Morgan fingerprint density at radius 1 is 0.561 bits per heavy atom. The van der Waals surface area contributed by atoms with E-state index < -0.39 is 0 Å². The third-order valence-electron chi connectivity index (χ3n) is 7.03. The van der Waals surface area contributed by atoms with E-state index in [2.05, 4.69) is 31.2 Å². The first-order chi connectivity index (χ1) is 20.0. The molecule has 5 rings (SSSR count). The van der Waals surface area contributed by atoms with Gasteiger partial charge in [0.25, 0.3) is 0 Å². The smallest absolute Gasteiger partial charge is 0.343 e. The highest BCUT2D eigenvalue weighted by Crippen LogP contribution is 2.35. The topological polar surface area (TPSA) is 54.0 Å². The van der Waals surface area contributed by atoms with Gasteiger partial charge in [-0.15, -0.1) is 0 Å². The lowest BCUT2D eigenvalue weighted by Crippen LogP contribution is -2.08. The minimum atomic E-state index is -0.389. The summed E-state index contributed by atoms with van der Waals surface area (Å²) in [5.41, 5.74) is 5.26. The zero-order valence-electron chi connectivity index (χ0n) is 23.7. The fourth-order valence-corrected chi connectivity index (χ4v) is 4.39. The number of carbonyl (C=O) groups is 1. The Balaban J connectivity index is 1.03. The molecule has 0 radical (unpaired) electrons. The van der Waals surface area contributed by atoms with E-state index in [0.717, 1.165) is 59.8 Å². The van der Waals surface area contributed by atoms with Gasteiger partial charge in [0.05, 0.1) is 18.8 Å². The maximum atomic E-state index is 12.4. The molecule has 41 heavy (non-hydrogen) atoms. The number of hydrogen-bond donors (Lipinski definition) is 0. The van der Waals surface area contributed by atoms with Crippen molar-refractivity contribution in [3.8, 4) is 23.0 Å². The van der Waals surface area contributed by atoms with Crippen LogP contribution in [0.1, 0.15) is 59.2 Å². The fraction of sp³-hybridized carbons (Fsp3) is 0.250. The Bertz CT molecular complexity index is 1440. The lowest BCUT2D eigenvalue weighted by Gasteiger charge is -2.22. The summed E-state index contributed by atoms with van der Waals surface area (Å²) >= 11 is 0. The summed E-state index contributed by atoms with van der Waals surface area (Å²) in [6.07, 6.45) is 5.12. The van der Waals surface area contributed by atoms with E-state index in [9.17, 15) is 4.79 Å². The lowest BCUT2D eigenvalue weighted by molar-refractivity contribution is 0.0734. The van der Waals surface area contributed by atoms with Crippen LogP contribution in [0.3, 0.4) is 0 Å². The van der Waals surface area contributed by atoms with Gasteiger partial charge in [0.1, 0.15) is 28.8 Å². The van der Waals surface area contributed by atoms with E-state index in [1.165, 1.54) is 17.6 Å². The van der Waals surface area contributed by atoms with Gasteiger partial charge in [-0.3, -0.25) is 0 Å². The summed E-state index contributed by atoms with van der Waals surface area (Å²) in [7, 11) is 0. The molecule has 1 saturated carbocycles. The van der Waals surface area contributed by atoms with E-state index in [4.69, 9.17) is 18.9 Å². The van der Waals surface area contributed by atoms with Gasteiger partial charge in [-0.1, -0.05) is 35.4 Å². The molecule has 210 valence electrons. The van der Waals surface area contributed by atoms with Crippen molar-refractivity contribution >= 4 is 11.7 Å². The SMILES string of the molecule is Cc1ccc(OC(=O)c2ccc(OCCCCOc3ccc(C(Oc4ccc(C)cc4)=C4CCC4)cc3)cc2)cc1. The van der Waals surface area contributed by atoms with Crippen molar-refractivity contribution in [1.29, 1.82) is 0 Å². The molecule has 5 heteroatoms. The Labute approximate surface area is 242 Å². The molecule has 5 nitrogen and oxygen atoms in total. The van der Waals surface area contributed by atoms with Crippen LogP contribution in [0.25, 0.3) is 5.76 Å². The van der Waals surface area contributed by atoms with Crippen molar-refractivity contribution in [1.82, 2.24) is 0 Å². The summed E-state index contributed by atoms with van der Waals surface area (Å²) in [6.45, 7) is 5.25. The molecular formula is C36H36O5. The van der Waals surface area contributed by atoms with Crippen molar-refractivity contribution in [2.24, 2.45) is 0 Å². The monoisotopic (exact) mass is 548 g/mol. The van der Waals surface area contributed by atoms with Crippen LogP contribution >= 0.6 is 0 Å². The molecule has 4 aromatic rings. The van der Waals surface area contributed by atoms with Crippen LogP contribution in [-0.2, 0) is 0 Å². The standard InChI is InChI=1S/C36H36O5/c1-26-8-16-33(17-9-26)40-35(28-6-5-7-28)29-12-20-31(21-13-29)38-24-3-4-25-39-32-22-14-30(15-23-32)36(37)41-34-18-10-27(2)11-19-34/h8-23H,3-7,24-25H2,1-2H3. The third kappa shape index (κ3) is 8.01. The quantitative estimate of drug-likeness (QED) is 0.0767. The number of rotatable bonds is 12. The van der Waals surface area contributed by atoms with Crippen LogP contribution in [0.2, 0.25) is 0 Å². The van der Waals surface area contributed by atoms with Crippen LogP contribution in [0, 0.1) is 13.8 Å². The van der Waals surface area contributed by atoms with Crippen molar-refractivity contribution in [3.05, 3.63) is 125 Å². The minimum absolute atomic E-state index is 0.389. The Kier molecular flexibility index (Phi) is 9.37. The van der Waals surface area contributed by atoms with Gasteiger partial charge in [-0.25, -0.2) is 4.79 Å². The van der Waals surface area contributed by atoms with Crippen LogP contribution in [0.4, 0.5) is 0 Å². The van der Waals surface area contributed by atoms with Gasteiger partial charge in [0.15, 0.2) is 0 Å². The predicted octanol–water partition coefficient (Wildman–Crippen LogP) is 8.73. The molecule has 1 aliphatic rings. The first-order valence-corrected chi connectivity index (χ1v) is 14.2. The first-order valence-electron chi connectivity index (χ1n) is 14.2. The largest absolute Gasteiger partial charge is 0.494 e. The summed E-state index contributed by atoms with van der Waals surface area (Å²) in [5.74, 6) is 3.54. The third-order valence-corrected chi connectivity index (χ3v) is 7.03. The molecule has 0 unspecified atom stereocenters. The number of aryl methyl sites for hydroxylation is 2. The number of benzene rings is 4. The average Bonchev–Trinajstić information content (AvgIpc) is 2.96. The van der Waals surface area contributed by atoms with E-state index in [1.54, 1.807) is 36.4 Å². The highest BCUT2D eigenvalue weighted by molar-refractivity contribution is 5.91. The van der Waals surface area contributed by atoms with Crippen LogP contribution in [0.5, 0.6) is 23.0 Å². The van der Waals surface area contributed by atoms with Gasteiger partial charge in [0, 0.05) is 5.56 Å². The molecular weight excluding hydrogens is 512 g/mol. The number of carbonyl (C=O) groups excluding carboxylic acids is 1. The van der Waals surface area contributed by atoms with E-state index in [-0.39, 0.29) is 5.97 Å². The van der Waals surface area contributed by atoms with Crippen molar-refractivity contribution in [2.75, 3.05) is 13.2 Å². The Morgan fingerprint density at radius 2 is 1.00 bits per heavy atom. The molecule has 1 aliphatic carbocycles. The van der Waals surface area contributed by atoms with Gasteiger partial charge in [0.2, 0.25) is 0 Å². The molecule has 0 spiro atoms. The number of esters is 1.